The number of amides is 1. The lowest BCUT2D eigenvalue weighted by molar-refractivity contribution is -0.123. The first-order valence-corrected chi connectivity index (χ1v) is 8.57. The standard InChI is InChI=1S/C22H20N2O3/c25-22(17-26-20-12-5-2-6-13-20)24-23-15-19-11-7-8-14-21(19)27-16-18-9-3-1-4-10-18/h1-15H,16-17H2,(H,24,25). The molecule has 0 heterocycles. The van der Waals surface area contributed by atoms with E-state index in [0.717, 1.165) is 11.1 Å². The van der Waals surface area contributed by atoms with E-state index in [-0.39, 0.29) is 12.5 Å². The lowest BCUT2D eigenvalue weighted by Gasteiger charge is -2.09. The fourth-order valence-electron chi connectivity index (χ4n) is 2.33. The van der Waals surface area contributed by atoms with Gasteiger partial charge in [0.25, 0.3) is 5.91 Å². The van der Waals surface area contributed by atoms with Crippen LogP contribution in [-0.4, -0.2) is 18.7 Å². The Balaban J connectivity index is 1.51. The molecular formula is C22H20N2O3. The molecule has 0 spiro atoms. The number of nitrogens with zero attached hydrogens (tertiary/aromatic N) is 1. The second-order valence-corrected chi connectivity index (χ2v) is 5.71. The Morgan fingerprint density at radius 2 is 1.52 bits per heavy atom. The van der Waals surface area contributed by atoms with Crippen molar-refractivity contribution in [1.29, 1.82) is 0 Å². The van der Waals surface area contributed by atoms with Gasteiger partial charge in [0.05, 0.1) is 6.21 Å². The minimum Gasteiger partial charge on any atom is -0.488 e. The maximum atomic E-state index is 11.8. The summed E-state index contributed by atoms with van der Waals surface area (Å²) >= 11 is 0. The summed E-state index contributed by atoms with van der Waals surface area (Å²) in [6.45, 7) is 0.358. The number of carbonyl (C=O) groups is 1. The highest BCUT2D eigenvalue weighted by Gasteiger charge is 2.03. The highest BCUT2D eigenvalue weighted by molar-refractivity contribution is 5.85. The van der Waals surface area contributed by atoms with Gasteiger partial charge < -0.3 is 9.47 Å². The summed E-state index contributed by atoms with van der Waals surface area (Å²) in [6.07, 6.45) is 1.56. The van der Waals surface area contributed by atoms with E-state index in [1.54, 1.807) is 18.3 Å². The topological polar surface area (TPSA) is 59.9 Å². The molecule has 0 saturated heterocycles. The van der Waals surface area contributed by atoms with Crippen molar-refractivity contribution >= 4 is 12.1 Å². The molecular weight excluding hydrogens is 340 g/mol. The second kappa shape index (κ2) is 9.77. The first kappa shape index (κ1) is 18.2. The number of ether oxygens (including phenoxy) is 2. The van der Waals surface area contributed by atoms with Gasteiger partial charge >= 0.3 is 0 Å². The fraction of sp³-hybridized carbons (Fsp3) is 0.0909. The third-order valence-corrected chi connectivity index (χ3v) is 3.66. The molecule has 0 aromatic heterocycles. The van der Waals surface area contributed by atoms with Gasteiger partial charge in [0.2, 0.25) is 0 Å². The van der Waals surface area contributed by atoms with Crippen molar-refractivity contribution in [3.05, 3.63) is 96.1 Å². The number of rotatable bonds is 8. The van der Waals surface area contributed by atoms with Gasteiger partial charge in [0.15, 0.2) is 6.61 Å². The predicted octanol–water partition coefficient (Wildman–Crippen LogP) is 3.79. The van der Waals surface area contributed by atoms with Crippen molar-refractivity contribution in [2.75, 3.05) is 6.61 Å². The van der Waals surface area contributed by atoms with Crippen molar-refractivity contribution in [2.24, 2.45) is 5.10 Å². The van der Waals surface area contributed by atoms with E-state index in [9.17, 15) is 4.79 Å². The summed E-state index contributed by atoms with van der Waals surface area (Å²) in [6, 6.07) is 26.6. The van der Waals surface area contributed by atoms with Gasteiger partial charge in [-0.3, -0.25) is 4.79 Å². The minimum absolute atomic E-state index is 0.104. The second-order valence-electron chi connectivity index (χ2n) is 5.71. The van der Waals surface area contributed by atoms with Crippen molar-refractivity contribution < 1.29 is 14.3 Å². The molecule has 0 aliphatic carbocycles. The third-order valence-electron chi connectivity index (χ3n) is 3.66. The number of carbonyl (C=O) groups excluding carboxylic acids is 1. The Morgan fingerprint density at radius 3 is 2.30 bits per heavy atom. The van der Waals surface area contributed by atoms with E-state index in [1.807, 2.05) is 72.8 Å². The van der Waals surface area contributed by atoms with Crippen LogP contribution in [0.3, 0.4) is 0 Å². The summed E-state index contributed by atoms with van der Waals surface area (Å²) in [5.41, 5.74) is 4.31. The van der Waals surface area contributed by atoms with Crippen LogP contribution in [0.2, 0.25) is 0 Å². The number of hydrogen-bond donors (Lipinski definition) is 1. The van der Waals surface area contributed by atoms with Crippen LogP contribution in [-0.2, 0) is 11.4 Å². The SMILES string of the molecule is O=C(COc1ccccc1)NN=Cc1ccccc1OCc1ccccc1. The normalized spacial score (nSPS) is 10.5. The Kier molecular flexibility index (Phi) is 6.59. The van der Waals surface area contributed by atoms with Gasteiger partial charge in [-0.2, -0.15) is 5.10 Å². The van der Waals surface area contributed by atoms with Crippen molar-refractivity contribution in [3.8, 4) is 11.5 Å². The maximum absolute atomic E-state index is 11.8. The molecule has 1 amide bonds. The molecule has 0 bridgehead atoms. The summed E-state index contributed by atoms with van der Waals surface area (Å²) in [7, 11) is 0. The molecule has 0 aliphatic heterocycles. The molecule has 0 saturated carbocycles. The van der Waals surface area contributed by atoms with E-state index in [2.05, 4.69) is 10.5 Å². The maximum Gasteiger partial charge on any atom is 0.277 e. The van der Waals surface area contributed by atoms with Gasteiger partial charge in [0.1, 0.15) is 18.1 Å². The molecule has 1 N–H and O–H groups in total. The molecule has 5 nitrogen and oxygen atoms in total. The summed E-state index contributed by atoms with van der Waals surface area (Å²) < 4.78 is 11.2. The molecule has 3 aromatic carbocycles. The van der Waals surface area contributed by atoms with Crippen LogP contribution in [0, 0.1) is 0 Å². The molecule has 3 aromatic rings. The lowest BCUT2D eigenvalue weighted by Crippen LogP contribution is -2.24. The van der Waals surface area contributed by atoms with Crippen LogP contribution in [0.4, 0.5) is 0 Å². The average molecular weight is 360 g/mol. The van der Waals surface area contributed by atoms with Gasteiger partial charge in [-0.25, -0.2) is 5.43 Å². The number of hydrazone groups is 1. The number of nitrogens with one attached hydrogen (secondary N) is 1. The molecule has 3 rings (SSSR count). The van der Waals surface area contributed by atoms with Gasteiger partial charge in [-0.1, -0.05) is 60.7 Å². The summed E-state index contributed by atoms with van der Waals surface area (Å²) in [5.74, 6) is 0.994. The van der Waals surface area contributed by atoms with Crippen LogP contribution < -0.4 is 14.9 Å². The highest BCUT2D eigenvalue weighted by atomic mass is 16.5. The van der Waals surface area contributed by atoms with E-state index in [1.165, 1.54) is 0 Å². The number of para-hydroxylation sites is 2. The van der Waals surface area contributed by atoms with Crippen LogP contribution >= 0.6 is 0 Å². The number of hydrogen-bond acceptors (Lipinski definition) is 4. The molecule has 136 valence electrons. The van der Waals surface area contributed by atoms with Crippen LogP contribution in [0.25, 0.3) is 0 Å². The zero-order valence-electron chi connectivity index (χ0n) is 14.7. The third kappa shape index (κ3) is 6.01. The smallest absolute Gasteiger partial charge is 0.277 e. The molecule has 27 heavy (non-hydrogen) atoms. The van der Waals surface area contributed by atoms with Crippen LogP contribution in [0.5, 0.6) is 11.5 Å². The van der Waals surface area contributed by atoms with Crippen LogP contribution in [0.1, 0.15) is 11.1 Å². The van der Waals surface area contributed by atoms with Crippen molar-refractivity contribution in [2.45, 2.75) is 6.61 Å². The average Bonchev–Trinajstić information content (AvgIpc) is 2.73. The molecule has 0 unspecified atom stereocenters. The quantitative estimate of drug-likeness (QED) is 0.491. The Morgan fingerprint density at radius 1 is 0.852 bits per heavy atom. The monoisotopic (exact) mass is 360 g/mol. The first-order chi connectivity index (χ1) is 13.3. The molecule has 0 radical (unpaired) electrons. The summed E-state index contributed by atoms with van der Waals surface area (Å²) in [4.78, 5) is 11.8. The van der Waals surface area contributed by atoms with Crippen molar-refractivity contribution in [1.82, 2.24) is 5.43 Å². The van der Waals surface area contributed by atoms with Gasteiger partial charge in [-0.15, -0.1) is 0 Å². The largest absolute Gasteiger partial charge is 0.488 e. The Bertz CT molecular complexity index is 880. The molecule has 0 aliphatic rings. The van der Waals surface area contributed by atoms with Gasteiger partial charge in [-0.05, 0) is 29.8 Å². The summed E-state index contributed by atoms with van der Waals surface area (Å²) in [5, 5.41) is 3.98. The minimum atomic E-state index is -0.335. The van der Waals surface area contributed by atoms with Crippen molar-refractivity contribution in [3.63, 3.8) is 0 Å². The first-order valence-electron chi connectivity index (χ1n) is 8.57. The predicted molar refractivity (Wildman–Crippen MR) is 105 cm³/mol. The fourth-order valence-corrected chi connectivity index (χ4v) is 2.33. The van der Waals surface area contributed by atoms with E-state index in [0.29, 0.717) is 18.1 Å². The Labute approximate surface area is 158 Å². The Hall–Kier alpha value is -3.60. The zero-order chi connectivity index (χ0) is 18.7. The zero-order valence-corrected chi connectivity index (χ0v) is 14.7. The number of benzene rings is 3. The van der Waals surface area contributed by atoms with E-state index >= 15 is 0 Å². The van der Waals surface area contributed by atoms with E-state index in [4.69, 9.17) is 9.47 Å². The molecule has 0 atom stereocenters. The molecule has 0 fully saturated rings. The molecule has 5 heteroatoms. The lowest BCUT2D eigenvalue weighted by atomic mass is 10.2. The highest BCUT2D eigenvalue weighted by Crippen LogP contribution is 2.17. The van der Waals surface area contributed by atoms with Gasteiger partial charge in [0, 0.05) is 5.56 Å². The van der Waals surface area contributed by atoms with Crippen LogP contribution in [0.15, 0.2) is 90.0 Å². The van der Waals surface area contributed by atoms with E-state index < -0.39 is 0 Å².